The van der Waals surface area contributed by atoms with Gasteiger partial charge in [0.2, 0.25) is 5.89 Å². The Bertz CT molecular complexity index is 879. The fourth-order valence-electron chi connectivity index (χ4n) is 2.00. The van der Waals surface area contributed by atoms with E-state index in [9.17, 15) is 9.18 Å². The van der Waals surface area contributed by atoms with Crippen molar-refractivity contribution in [1.82, 2.24) is 10.2 Å². The molecule has 0 bridgehead atoms. The molecule has 0 atom stereocenters. The van der Waals surface area contributed by atoms with Crippen LogP contribution in [0.5, 0.6) is 0 Å². The van der Waals surface area contributed by atoms with Gasteiger partial charge in [0.25, 0.3) is 0 Å². The Labute approximate surface area is 139 Å². The zero-order chi connectivity index (χ0) is 16.4. The third-order valence-corrected chi connectivity index (χ3v) is 3.62. The van der Waals surface area contributed by atoms with Crippen LogP contribution in [0.2, 0.25) is 0 Å². The predicted octanol–water partition coefficient (Wildman–Crippen LogP) is 4.20. The molecule has 0 saturated heterocycles. The Morgan fingerprint density at radius 1 is 1.22 bits per heavy atom. The molecule has 116 valence electrons. The number of amides is 1. The lowest BCUT2D eigenvalue weighted by Crippen LogP contribution is -2.13. The standard InChI is InChI=1S/C16H11BrFN3O2/c1-9-7-11(17)5-6-13(9)19-14(22)16-21-20-15(23-16)10-3-2-4-12(18)8-10/h2-8H,1H3,(H,19,22). The SMILES string of the molecule is Cc1cc(Br)ccc1NC(=O)c1nnc(-c2cccc(F)c2)o1. The molecule has 1 amide bonds. The lowest BCUT2D eigenvalue weighted by molar-refractivity contribution is 0.0990. The summed E-state index contributed by atoms with van der Waals surface area (Å²) in [6.07, 6.45) is 0. The van der Waals surface area contributed by atoms with E-state index in [2.05, 4.69) is 31.4 Å². The molecule has 3 aromatic rings. The van der Waals surface area contributed by atoms with Crippen molar-refractivity contribution in [2.45, 2.75) is 6.92 Å². The van der Waals surface area contributed by atoms with Gasteiger partial charge in [-0.1, -0.05) is 22.0 Å². The summed E-state index contributed by atoms with van der Waals surface area (Å²) in [6.45, 7) is 1.87. The summed E-state index contributed by atoms with van der Waals surface area (Å²) < 4.78 is 19.4. The highest BCUT2D eigenvalue weighted by Crippen LogP contribution is 2.22. The topological polar surface area (TPSA) is 68.0 Å². The number of hydrogen-bond donors (Lipinski definition) is 1. The van der Waals surface area contributed by atoms with Gasteiger partial charge < -0.3 is 9.73 Å². The van der Waals surface area contributed by atoms with Gasteiger partial charge in [0, 0.05) is 15.7 Å². The van der Waals surface area contributed by atoms with Crippen molar-refractivity contribution in [3.05, 3.63) is 64.2 Å². The van der Waals surface area contributed by atoms with Crippen LogP contribution < -0.4 is 5.32 Å². The van der Waals surface area contributed by atoms with E-state index in [0.29, 0.717) is 11.3 Å². The summed E-state index contributed by atoms with van der Waals surface area (Å²) in [4.78, 5) is 12.2. The summed E-state index contributed by atoms with van der Waals surface area (Å²) in [5.41, 5.74) is 1.94. The normalized spacial score (nSPS) is 10.6. The average Bonchev–Trinajstić information content (AvgIpc) is 3.00. The molecular weight excluding hydrogens is 365 g/mol. The van der Waals surface area contributed by atoms with Crippen molar-refractivity contribution in [3.8, 4) is 11.5 Å². The van der Waals surface area contributed by atoms with Gasteiger partial charge in [-0.2, -0.15) is 0 Å². The van der Waals surface area contributed by atoms with Gasteiger partial charge in [0.1, 0.15) is 5.82 Å². The van der Waals surface area contributed by atoms with Crippen molar-refractivity contribution in [3.63, 3.8) is 0 Å². The Kier molecular flexibility index (Phi) is 4.20. The summed E-state index contributed by atoms with van der Waals surface area (Å²) in [5, 5.41) is 10.2. The van der Waals surface area contributed by atoms with Crippen LogP contribution in [0.3, 0.4) is 0 Å². The second kappa shape index (κ2) is 6.29. The van der Waals surface area contributed by atoms with E-state index < -0.39 is 11.7 Å². The smallest absolute Gasteiger partial charge is 0.313 e. The van der Waals surface area contributed by atoms with Crippen molar-refractivity contribution >= 4 is 27.5 Å². The quantitative estimate of drug-likeness (QED) is 0.744. The van der Waals surface area contributed by atoms with Crippen LogP contribution in [0.1, 0.15) is 16.2 Å². The molecule has 0 spiro atoms. The fraction of sp³-hybridized carbons (Fsp3) is 0.0625. The molecule has 0 fully saturated rings. The van der Waals surface area contributed by atoms with Crippen molar-refractivity contribution in [2.75, 3.05) is 5.32 Å². The summed E-state index contributed by atoms with van der Waals surface area (Å²) in [7, 11) is 0. The van der Waals surface area contributed by atoms with Gasteiger partial charge >= 0.3 is 11.8 Å². The Hall–Kier alpha value is -2.54. The van der Waals surface area contributed by atoms with Gasteiger partial charge in [0.05, 0.1) is 0 Å². The lowest BCUT2D eigenvalue weighted by atomic mass is 10.2. The molecular formula is C16H11BrFN3O2. The molecule has 1 N–H and O–H groups in total. The Balaban J connectivity index is 1.81. The first-order valence-electron chi connectivity index (χ1n) is 6.70. The van der Waals surface area contributed by atoms with Gasteiger partial charge in [-0.3, -0.25) is 4.79 Å². The maximum atomic E-state index is 13.2. The average molecular weight is 376 g/mol. The molecule has 5 nitrogen and oxygen atoms in total. The van der Waals surface area contributed by atoms with Crippen LogP contribution in [0.25, 0.3) is 11.5 Å². The van der Waals surface area contributed by atoms with Crippen LogP contribution in [0.4, 0.5) is 10.1 Å². The van der Waals surface area contributed by atoms with Gasteiger partial charge in [-0.05, 0) is 48.9 Å². The van der Waals surface area contributed by atoms with Crippen molar-refractivity contribution < 1.29 is 13.6 Å². The molecule has 0 aliphatic carbocycles. The number of aromatic nitrogens is 2. The highest BCUT2D eigenvalue weighted by atomic mass is 79.9. The third kappa shape index (κ3) is 3.45. The first-order chi connectivity index (χ1) is 11.0. The number of nitrogens with one attached hydrogen (secondary N) is 1. The molecule has 23 heavy (non-hydrogen) atoms. The molecule has 2 aromatic carbocycles. The number of nitrogens with zero attached hydrogens (tertiary/aromatic N) is 2. The molecule has 0 aliphatic rings. The molecule has 1 aromatic heterocycles. The zero-order valence-electron chi connectivity index (χ0n) is 12.0. The van der Waals surface area contributed by atoms with Crippen LogP contribution in [-0.2, 0) is 0 Å². The minimum absolute atomic E-state index is 0.0854. The number of benzene rings is 2. The number of anilines is 1. The second-order valence-corrected chi connectivity index (χ2v) is 5.75. The van der Waals surface area contributed by atoms with Crippen LogP contribution >= 0.6 is 15.9 Å². The second-order valence-electron chi connectivity index (χ2n) is 4.84. The first kappa shape index (κ1) is 15.4. The maximum Gasteiger partial charge on any atom is 0.313 e. The molecule has 3 rings (SSSR count). The largest absolute Gasteiger partial charge is 0.412 e. The van der Waals surface area contributed by atoms with E-state index in [0.717, 1.165) is 10.0 Å². The molecule has 7 heteroatoms. The molecule has 0 aliphatic heterocycles. The fourth-order valence-corrected chi connectivity index (χ4v) is 2.47. The summed E-state index contributed by atoms with van der Waals surface area (Å²) >= 11 is 3.36. The molecule has 0 radical (unpaired) electrons. The Morgan fingerprint density at radius 2 is 2.04 bits per heavy atom. The van der Waals surface area contributed by atoms with Gasteiger partial charge in [0.15, 0.2) is 0 Å². The minimum Gasteiger partial charge on any atom is -0.412 e. The first-order valence-corrected chi connectivity index (χ1v) is 7.49. The number of aryl methyl sites for hydroxylation is 1. The van der Waals surface area contributed by atoms with E-state index in [-0.39, 0.29) is 11.8 Å². The van der Waals surface area contributed by atoms with E-state index in [4.69, 9.17) is 4.42 Å². The number of rotatable bonds is 3. The zero-order valence-corrected chi connectivity index (χ0v) is 13.6. The van der Waals surface area contributed by atoms with Crippen molar-refractivity contribution in [2.24, 2.45) is 0 Å². The highest BCUT2D eigenvalue weighted by molar-refractivity contribution is 9.10. The van der Waals surface area contributed by atoms with Gasteiger partial charge in [-0.15, -0.1) is 10.2 Å². The minimum atomic E-state index is -0.523. The Morgan fingerprint density at radius 3 is 2.78 bits per heavy atom. The third-order valence-electron chi connectivity index (χ3n) is 3.13. The monoisotopic (exact) mass is 375 g/mol. The van der Waals surface area contributed by atoms with Gasteiger partial charge in [-0.25, -0.2) is 4.39 Å². The van der Waals surface area contributed by atoms with E-state index >= 15 is 0 Å². The predicted molar refractivity (Wildman–Crippen MR) is 86.5 cm³/mol. The highest BCUT2D eigenvalue weighted by Gasteiger charge is 2.17. The molecule has 1 heterocycles. The van der Waals surface area contributed by atoms with E-state index in [1.807, 2.05) is 19.1 Å². The lowest BCUT2D eigenvalue weighted by Gasteiger charge is -2.06. The van der Waals surface area contributed by atoms with E-state index in [1.165, 1.54) is 18.2 Å². The summed E-state index contributed by atoms with van der Waals surface area (Å²) in [5.74, 6) is -1.04. The number of halogens is 2. The maximum absolute atomic E-state index is 13.2. The van der Waals surface area contributed by atoms with Crippen LogP contribution in [-0.4, -0.2) is 16.1 Å². The molecule has 0 saturated carbocycles. The summed E-state index contributed by atoms with van der Waals surface area (Å²) in [6, 6.07) is 11.2. The van der Waals surface area contributed by atoms with E-state index in [1.54, 1.807) is 12.1 Å². The number of carbonyl (C=O) groups is 1. The van der Waals surface area contributed by atoms with Crippen LogP contribution in [0, 0.1) is 12.7 Å². The van der Waals surface area contributed by atoms with Crippen LogP contribution in [0.15, 0.2) is 51.4 Å². The molecule has 0 unspecified atom stereocenters. The number of hydrogen-bond acceptors (Lipinski definition) is 4. The number of carbonyl (C=O) groups excluding carboxylic acids is 1. The van der Waals surface area contributed by atoms with Crippen molar-refractivity contribution in [1.29, 1.82) is 0 Å².